The lowest BCUT2D eigenvalue weighted by Gasteiger charge is -2.05. The fourth-order valence-corrected chi connectivity index (χ4v) is 2.46. The summed E-state index contributed by atoms with van der Waals surface area (Å²) in [7, 11) is 3.48. The molecule has 0 radical (unpaired) electrons. The summed E-state index contributed by atoms with van der Waals surface area (Å²) in [5, 5.41) is 6.04. The van der Waals surface area contributed by atoms with Crippen molar-refractivity contribution in [2.24, 2.45) is 0 Å². The van der Waals surface area contributed by atoms with Crippen molar-refractivity contribution >= 4 is 11.3 Å². The van der Waals surface area contributed by atoms with Crippen molar-refractivity contribution in [1.82, 2.24) is 10.3 Å². The van der Waals surface area contributed by atoms with Gasteiger partial charge in [0.1, 0.15) is 11.6 Å². The number of hydrogen-bond acceptors (Lipinski definition) is 4. The average Bonchev–Trinajstić information content (AvgIpc) is 2.85. The second-order valence-corrected chi connectivity index (χ2v) is 4.77. The van der Waals surface area contributed by atoms with Crippen LogP contribution >= 0.6 is 11.3 Å². The minimum absolute atomic E-state index is 0.282. The Morgan fingerprint density at radius 2 is 2.28 bits per heavy atom. The van der Waals surface area contributed by atoms with Crippen LogP contribution in [-0.2, 0) is 6.42 Å². The van der Waals surface area contributed by atoms with Gasteiger partial charge in [-0.2, -0.15) is 0 Å². The van der Waals surface area contributed by atoms with Crippen LogP contribution in [-0.4, -0.2) is 25.7 Å². The lowest BCUT2D eigenvalue weighted by atomic mass is 10.1. The third-order valence-electron chi connectivity index (χ3n) is 2.58. The molecule has 0 amide bonds. The lowest BCUT2D eigenvalue weighted by Crippen LogP contribution is -2.09. The number of benzene rings is 1. The Balaban J connectivity index is 2.30. The van der Waals surface area contributed by atoms with Gasteiger partial charge in [-0.3, -0.25) is 0 Å². The highest BCUT2D eigenvalue weighted by atomic mass is 32.1. The fourth-order valence-electron chi connectivity index (χ4n) is 1.66. The molecule has 0 atom stereocenters. The summed E-state index contributed by atoms with van der Waals surface area (Å²) in [6, 6.07) is 4.46. The molecule has 0 unspecified atom stereocenters. The SMILES string of the molecule is CNCCc1nc(-c2cc(F)ccc2OC)cs1. The second-order valence-electron chi connectivity index (χ2n) is 3.82. The Hall–Kier alpha value is -1.46. The number of likely N-dealkylation sites (N-methyl/N-ethyl adjacent to an activating group) is 1. The van der Waals surface area contributed by atoms with Crippen molar-refractivity contribution in [2.75, 3.05) is 20.7 Å². The van der Waals surface area contributed by atoms with E-state index in [9.17, 15) is 4.39 Å². The van der Waals surface area contributed by atoms with Crippen molar-refractivity contribution in [2.45, 2.75) is 6.42 Å². The lowest BCUT2D eigenvalue weighted by molar-refractivity contribution is 0.415. The van der Waals surface area contributed by atoms with Gasteiger partial charge in [0.25, 0.3) is 0 Å². The summed E-state index contributed by atoms with van der Waals surface area (Å²) in [6.45, 7) is 0.882. The molecule has 0 fully saturated rings. The average molecular weight is 266 g/mol. The van der Waals surface area contributed by atoms with E-state index in [2.05, 4.69) is 10.3 Å². The molecule has 96 valence electrons. The van der Waals surface area contributed by atoms with Gasteiger partial charge in [-0.1, -0.05) is 0 Å². The monoisotopic (exact) mass is 266 g/mol. The van der Waals surface area contributed by atoms with Crippen LogP contribution in [0.4, 0.5) is 4.39 Å². The van der Waals surface area contributed by atoms with Crippen LogP contribution in [0, 0.1) is 5.82 Å². The van der Waals surface area contributed by atoms with E-state index in [1.165, 1.54) is 12.1 Å². The standard InChI is InChI=1S/C13H15FN2OS/c1-15-6-5-13-16-11(8-18-13)10-7-9(14)3-4-12(10)17-2/h3-4,7-8,15H,5-6H2,1-2H3. The third kappa shape index (κ3) is 2.86. The second kappa shape index (κ2) is 5.93. The largest absolute Gasteiger partial charge is 0.496 e. The van der Waals surface area contributed by atoms with Crippen molar-refractivity contribution < 1.29 is 9.13 Å². The van der Waals surface area contributed by atoms with Crippen LogP contribution in [0.3, 0.4) is 0 Å². The first kappa shape index (κ1) is 13.0. The van der Waals surface area contributed by atoms with Crippen molar-refractivity contribution in [1.29, 1.82) is 0 Å². The quantitative estimate of drug-likeness (QED) is 0.903. The molecule has 0 aliphatic carbocycles. The first-order chi connectivity index (χ1) is 8.74. The zero-order valence-electron chi connectivity index (χ0n) is 10.4. The number of halogens is 1. The molecule has 1 aromatic carbocycles. The molecular weight excluding hydrogens is 251 g/mol. The molecule has 5 heteroatoms. The van der Waals surface area contributed by atoms with Gasteiger partial charge in [-0.05, 0) is 25.2 Å². The number of aromatic nitrogens is 1. The molecular formula is C13H15FN2OS. The van der Waals surface area contributed by atoms with E-state index in [0.29, 0.717) is 11.3 Å². The van der Waals surface area contributed by atoms with Crippen LogP contribution in [0.5, 0.6) is 5.75 Å². The Morgan fingerprint density at radius 1 is 1.44 bits per heavy atom. The molecule has 1 heterocycles. The number of rotatable bonds is 5. The van der Waals surface area contributed by atoms with Gasteiger partial charge in [0.2, 0.25) is 0 Å². The fraction of sp³-hybridized carbons (Fsp3) is 0.308. The topological polar surface area (TPSA) is 34.2 Å². The number of nitrogens with one attached hydrogen (secondary N) is 1. The normalized spacial score (nSPS) is 10.6. The highest BCUT2D eigenvalue weighted by Gasteiger charge is 2.11. The van der Waals surface area contributed by atoms with Gasteiger partial charge in [0, 0.05) is 23.9 Å². The van der Waals surface area contributed by atoms with Crippen LogP contribution in [0.15, 0.2) is 23.6 Å². The molecule has 0 bridgehead atoms. The van der Waals surface area contributed by atoms with E-state index in [-0.39, 0.29) is 5.82 Å². The highest BCUT2D eigenvalue weighted by molar-refractivity contribution is 7.09. The molecule has 0 aliphatic heterocycles. The maximum atomic E-state index is 13.3. The van der Waals surface area contributed by atoms with Crippen LogP contribution in [0.25, 0.3) is 11.3 Å². The zero-order chi connectivity index (χ0) is 13.0. The Labute approximate surface area is 110 Å². The molecule has 1 N–H and O–H groups in total. The summed E-state index contributed by atoms with van der Waals surface area (Å²) in [4.78, 5) is 4.50. The van der Waals surface area contributed by atoms with Gasteiger partial charge in [0.05, 0.1) is 17.8 Å². The predicted octanol–water partition coefficient (Wildman–Crippen LogP) is 2.72. The molecule has 0 saturated heterocycles. The van der Waals surface area contributed by atoms with Gasteiger partial charge in [0.15, 0.2) is 0 Å². The minimum atomic E-state index is -0.282. The number of hydrogen-bond donors (Lipinski definition) is 1. The van der Waals surface area contributed by atoms with E-state index >= 15 is 0 Å². The van der Waals surface area contributed by atoms with E-state index in [4.69, 9.17) is 4.74 Å². The summed E-state index contributed by atoms with van der Waals surface area (Å²) in [5.41, 5.74) is 1.46. The highest BCUT2D eigenvalue weighted by Crippen LogP contribution is 2.31. The molecule has 0 aliphatic rings. The van der Waals surface area contributed by atoms with Gasteiger partial charge >= 0.3 is 0 Å². The third-order valence-corrected chi connectivity index (χ3v) is 3.49. The first-order valence-electron chi connectivity index (χ1n) is 5.67. The number of ether oxygens (including phenoxy) is 1. The predicted molar refractivity (Wildman–Crippen MR) is 71.7 cm³/mol. The van der Waals surface area contributed by atoms with Gasteiger partial charge in [-0.15, -0.1) is 11.3 Å². The Bertz CT molecular complexity index is 527. The van der Waals surface area contributed by atoms with Crippen molar-refractivity contribution in [3.05, 3.63) is 34.4 Å². The van der Waals surface area contributed by atoms with E-state index in [1.807, 2.05) is 12.4 Å². The summed E-state index contributed by atoms with van der Waals surface area (Å²) >= 11 is 1.58. The minimum Gasteiger partial charge on any atom is -0.496 e. The van der Waals surface area contributed by atoms with Gasteiger partial charge < -0.3 is 10.1 Å². The molecule has 18 heavy (non-hydrogen) atoms. The van der Waals surface area contributed by atoms with E-state index in [1.54, 1.807) is 24.5 Å². The van der Waals surface area contributed by atoms with Crippen LogP contribution in [0.2, 0.25) is 0 Å². The Kier molecular flexibility index (Phi) is 4.28. The molecule has 3 nitrogen and oxygen atoms in total. The number of thiazole rings is 1. The van der Waals surface area contributed by atoms with Crippen molar-refractivity contribution in [3.8, 4) is 17.0 Å². The molecule has 1 aromatic heterocycles. The van der Waals surface area contributed by atoms with Crippen LogP contribution in [0.1, 0.15) is 5.01 Å². The summed E-state index contributed by atoms with van der Waals surface area (Å²) < 4.78 is 18.5. The summed E-state index contributed by atoms with van der Waals surface area (Å²) in [6.07, 6.45) is 0.874. The number of methoxy groups -OCH3 is 1. The molecule has 2 aromatic rings. The number of nitrogens with zero attached hydrogens (tertiary/aromatic N) is 1. The first-order valence-corrected chi connectivity index (χ1v) is 6.55. The smallest absolute Gasteiger partial charge is 0.128 e. The molecule has 0 spiro atoms. The van der Waals surface area contributed by atoms with Gasteiger partial charge in [-0.25, -0.2) is 9.37 Å². The maximum absolute atomic E-state index is 13.3. The summed E-state index contributed by atoms with van der Waals surface area (Å²) in [5.74, 6) is 0.359. The molecule has 2 rings (SSSR count). The Morgan fingerprint density at radius 3 is 3.00 bits per heavy atom. The van der Waals surface area contributed by atoms with E-state index < -0.39 is 0 Å². The maximum Gasteiger partial charge on any atom is 0.128 e. The van der Waals surface area contributed by atoms with E-state index in [0.717, 1.165) is 23.7 Å². The zero-order valence-corrected chi connectivity index (χ0v) is 11.2. The molecule has 0 saturated carbocycles. The van der Waals surface area contributed by atoms with Crippen LogP contribution < -0.4 is 10.1 Å². The van der Waals surface area contributed by atoms with Crippen molar-refractivity contribution in [3.63, 3.8) is 0 Å².